The van der Waals surface area contributed by atoms with Gasteiger partial charge in [-0.05, 0) is 51.7 Å². The molecule has 0 bridgehead atoms. The summed E-state index contributed by atoms with van der Waals surface area (Å²) in [4.78, 5) is 24.1. The van der Waals surface area contributed by atoms with Crippen LogP contribution in [0.5, 0.6) is 5.75 Å². The normalized spacial score (nSPS) is 10.4. The van der Waals surface area contributed by atoms with E-state index in [-0.39, 0.29) is 18.4 Å². The predicted molar refractivity (Wildman–Crippen MR) is 100 cm³/mol. The van der Waals surface area contributed by atoms with Crippen molar-refractivity contribution in [3.05, 3.63) is 58.1 Å². The van der Waals surface area contributed by atoms with Crippen molar-refractivity contribution in [2.24, 2.45) is 0 Å². The molecule has 132 valence electrons. The van der Waals surface area contributed by atoms with E-state index in [1.807, 2.05) is 38.1 Å². The number of nitrogens with one attached hydrogen (secondary N) is 1. The minimum Gasteiger partial charge on any atom is -0.496 e. The molecule has 0 aliphatic carbocycles. The maximum atomic E-state index is 12.1. The zero-order valence-corrected chi connectivity index (χ0v) is 15.9. The van der Waals surface area contributed by atoms with E-state index in [1.54, 1.807) is 18.2 Å². The Morgan fingerprint density at radius 3 is 2.52 bits per heavy atom. The van der Waals surface area contributed by atoms with Gasteiger partial charge in [-0.2, -0.15) is 0 Å². The molecule has 0 fully saturated rings. The van der Waals surface area contributed by atoms with Gasteiger partial charge in [-0.15, -0.1) is 0 Å². The molecule has 2 aromatic carbocycles. The van der Waals surface area contributed by atoms with Gasteiger partial charge in [0, 0.05) is 5.69 Å². The van der Waals surface area contributed by atoms with Crippen molar-refractivity contribution < 1.29 is 19.1 Å². The average Bonchev–Trinajstić information content (AvgIpc) is 2.59. The molecule has 2 rings (SSSR count). The van der Waals surface area contributed by atoms with Gasteiger partial charge in [0.25, 0.3) is 5.91 Å². The predicted octanol–water partition coefficient (Wildman–Crippen LogP) is 4.38. The lowest BCUT2D eigenvalue weighted by molar-refractivity contribution is -0.119. The number of methoxy groups -OCH3 is 1. The molecule has 2 aromatic rings. The average molecular weight is 406 g/mol. The van der Waals surface area contributed by atoms with E-state index in [9.17, 15) is 9.59 Å². The summed E-state index contributed by atoms with van der Waals surface area (Å²) >= 11 is 3.31. The van der Waals surface area contributed by atoms with Crippen molar-refractivity contribution in [2.75, 3.05) is 19.0 Å². The second-order valence-electron chi connectivity index (χ2n) is 5.72. The first kappa shape index (κ1) is 19.0. The van der Waals surface area contributed by atoms with Gasteiger partial charge in [-0.3, -0.25) is 4.79 Å². The molecule has 1 amide bonds. The molecular weight excluding hydrogens is 386 g/mol. The van der Waals surface area contributed by atoms with Gasteiger partial charge < -0.3 is 14.8 Å². The van der Waals surface area contributed by atoms with Crippen LogP contribution in [-0.4, -0.2) is 25.6 Å². The smallest absolute Gasteiger partial charge is 0.338 e. The molecule has 5 nitrogen and oxygen atoms in total. The van der Waals surface area contributed by atoms with Crippen LogP contribution in [0.2, 0.25) is 0 Å². The summed E-state index contributed by atoms with van der Waals surface area (Å²) in [6.07, 6.45) is 0. The van der Waals surface area contributed by atoms with Gasteiger partial charge in [-0.25, -0.2) is 4.79 Å². The molecule has 0 aliphatic rings. The van der Waals surface area contributed by atoms with E-state index in [2.05, 4.69) is 21.2 Å². The molecular formula is C19H20BrNO4. The van der Waals surface area contributed by atoms with Gasteiger partial charge in [0.1, 0.15) is 5.75 Å². The number of carbonyl (C=O) groups excluding carboxylic acids is 2. The molecule has 1 N–H and O–H groups in total. The molecule has 0 aliphatic heterocycles. The Bertz CT molecular complexity index is 774. The molecule has 0 saturated carbocycles. The Labute approximate surface area is 155 Å². The van der Waals surface area contributed by atoms with Crippen LogP contribution in [-0.2, 0) is 9.53 Å². The van der Waals surface area contributed by atoms with Gasteiger partial charge in [-0.1, -0.05) is 32.0 Å². The highest BCUT2D eigenvalue weighted by molar-refractivity contribution is 9.10. The zero-order valence-electron chi connectivity index (χ0n) is 14.3. The fourth-order valence-corrected chi connectivity index (χ4v) is 2.85. The number of rotatable bonds is 6. The van der Waals surface area contributed by atoms with Gasteiger partial charge in [0.2, 0.25) is 0 Å². The van der Waals surface area contributed by atoms with Crippen molar-refractivity contribution in [1.82, 2.24) is 0 Å². The van der Waals surface area contributed by atoms with E-state index >= 15 is 0 Å². The van der Waals surface area contributed by atoms with Crippen LogP contribution in [0.4, 0.5) is 5.69 Å². The third kappa shape index (κ3) is 5.06. The van der Waals surface area contributed by atoms with Crippen LogP contribution in [0.15, 0.2) is 46.9 Å². The largest absolute Gasteiger partial charge is 0.496 e. The van der Waals surface area contributed by atoms with Crippen LogP contribution in [0, 0.1) is 0 Å². The summed E-state index contributed by atoms with van der Waals surface area (Å²) in [6, 6.07) is 12.4. The van der Waals surface area contributed by atoms with E-state index in [4.69, 9.17) is 9.47 Å². The van der Waals surface area contributed by atoms with Gasteiger partial charge >= 0.3 is 5.97 Å². The lowest BCUT2D eigenvalue weighted by Gasteiger charge is -2.13. The molecule has 0 heterocycles. The van der Waals surface area contributed by atoms with Crippen molar-refractivity contribution in [1.29, 1.82) is 0 Å². The van der Waals surface area contributed by atoms with Crippen molar-refractivity contribution >= 4 is 33.5 Å². The maximum absolute atomic E-state index is 12.1. The third-order valence-electron chi connectivity index (χ3n) is 3.58. The van der Waals surface area contributed by atoms with Gasteiger partial charge in [0.05, 0.1) is 17.1 Å². The quantitative estimate of drug-likeness (QED) is 0.724. The van der Waals surface area contributed by atoms with E-state index in [0.717, 1.165) is 11.3 Å². The molecule has 6 heteroatoms. The monoisotopic (exact) mass is 405 g/mol. The van der Waals surface area contributed by atoms with Crippen molar-refractivity contribution in [3.63, 3.8) is 0 Å². The van der Waals surface area contributed by atoms with Crippen LogP contribution >= 0.6 is 15.9 Å². The van der Waals surface area contributed by atoms with Gasteiger partial charge in [0.15, 0.2) is 6.61 Å². The fourth-order valence-electron chi connectivity index (χ4n) is 2.31. The first-order valence-corrected chi connectivity index (χ1v) is 8.61. The first-order valence-electron chi connectivity index (χ1n) is 7.81. The number of carbonyl (C=O) groups is 2. The lowest BCUT2D eigenvalue weighted by atomic mass is 10.0. The Kier molecular flexibility index (Phi) is 6.58. The highest BCUT2D eigenvalue weighted by atomic mass is 79.9. The zero-order chi connectivity index (χ0) is 18.4. The van der Waals surface area contributed by atoms with Crippen LogP contribution in [0.25, 0.3) is 0 Å². The number of anilines is 1. The van der Waals surface area contributed by atoms with E-state index in [1.165, 1.54) is 7.11 Å². The maximum Gasteiger partial charge on any atom is 0.338 e. The Morgan fingerprint density at radius 2 is 1.88 bits per heavy atom. The summed E-state index contributed by atoms with van der Waals surface area (Å²) < 4.78 is 10.8. The molecule has 0 aromatic heterocycles. The van der Waals surface area contributed by atoms with Crippen molar-refractivity contribution in [3.8, 4) is 5.75 Å². The molecule has 0 radical (unpaired) electrons. The minimum atomic E-state index is -0.573. The number of hydrogen-bond acceptors (Lipinski definition) is 4. The highest BCUT2D eigenvalue weighted by Gasteiger charge is 2.14. The third-order valence-corrected chi connectivity index (χ3v) is 4.20. The Morgan fingerprint density at radius 1 is 1.16 bits per heavy atom. The van der Waals surface area contributed by atoms with E-state index in [0.29, 0.717) is 15.8 Å². The molecule has 0 saturated heterocycles. The highest BCUT2D eigenvalue weighted by Crippen LogP contribution is 2.26. The summed E-state index contributed by atoms with van der Waals surface area (Å²) in [7, 11) is 1.54. The summed E-state index contributed by atoms with van der Waals surface area (Å²) in [5.74, 6) is -0.0695. The van der Waals surface area contributed by atoms with Crippen LogP contribution < -0.4 is 10.1 Å². The SMILES string of the molecule is COc1ccc(C(=O)OCC(=O)Nc2ccccc2C(C)C)cc1Br. The number of esters is 1. The molecule has 0 spiro atoms. The molecule has 0 unspecified atom stereocenters. The number of halogens is 1. The second kappa shape index (κ2) is 8.67. The number of benzene rings is 2. The number of amides is 1. The number of para-hydroxylation sites is 1. The Hall–Kier alpha value is -2.34. The number of ether oxygens (including phenoxy) is 2. The second-order valence-corrected chi connectivity index (χ2v) is 6.57. The lowest BCUT2D eigenvalue weighted by Crippen LogP contribution is -2.21. The fraction of sp³-hybridized carbons (Fsp3) is 0.263. The summed E-state index contributed by atoms with van der Waals surface area (Å²) in [5.41, 5.74) is 2.09. The summed E-state index contributed by atoms with van der Waals surface area (Å²) in [5, 5.41) is 2.78. The molecule has 25 heavy (non-hydrogen) atoms. The van der Waals surface area contributed by atoms with E-state index < -0.39 is 5.97 Å². The standard InChI is InChI=1S/C19H20BrNO4/c1-12(2)14-6-4-5-7-16(14)21-18(22)11-25-19(23)13-8-9-17(24-3)15(20)10-13/h4-10,12H,11H2,1-3H3,(H,21,22). The first-order chi connectivity index (χ1) is 11.9. The molecule has 0 atom stereocenters. The minimum absolute atomic E-state index is 0.274. The topological polar surface area (TPSA) is 64.6 Å². The van der Waals surface area contributed by atoms with Crippen LogP contribution in [0.3, 0.4) is 0 Å². The Balaban J connectivity index is 1.96. The number of hydrogen-bond donors (Lipinski definition) is 1. The van der Waals surface area contributed by atoms with Crippen LogP contribution in [0.1, 0.15) is 35.7 Å². The van der Waals surface area contributed by atoms with Crippen molar-refractivity contribution in [2.45, 2.75) is 19.8 Å². The summed E-state index contributed by atoms with van der Waals surface area (Å²) in [6.45, 7) is 3.74.